The number of hydrogen-bond acceptors (Lipinski definition) is 3. The maximum atomic E-state index is 6.09. The third kappa shape index (κ3) is 2.87. The molecule has 3 rings (SSSR count). The zero-order valence-corrected chi connectivity index (χ0v) is 13.4. The summed E-state index contributed by atoms with van der Waals surface area (Å²) in [7, 11) is 1.68. The maximum absolute atomic E-state index is 6.09. The molecule has 0 saturated carbocycles. The van der Waals surface area contributed by atoms with Gasteiger partial charge in [-0.3, -0.25) is 0 Å². The Morgan fingerprint density at radius 1 is 1.43 bits per heavy atom. The van der Waals surface area contributed by atoms with E-state index in [0.29, 0.717) is 11.8 Å². The van der Waals surface area contributed by atoms with Gasteiger partial charge < -0.3 is 14.2 Å². The first kappa shape index (κ1) is 14.7. The number of ether oxygens (including phenoxy) is 1. The third-order valence-electron chi connectivity index (χ3n) is 4.41. The fourth-order valence-electron chi connectivity index (χ4n) is 3.20. The highest BCUT2D eigenvalue weighted by molar-refractivity contribution is 6.16. The average molecular weight is 308 g/mol. The minimum atomic E-state index is 0.446. The van der Waals surface area contributed by atoms with Gasteiger partial charge in [-0.15, -0.1) is 11.6 Å². The minimum Gasteiger partial charge on any atom is -0.497 e. The van der Waals surface area contributed by atoms with Crippen LogP contribution in [-0.4, -0.2) is 41.2 Å². The van der Waals surface area contributed by atoms with Crippen molar-refractivity contribution in [3.05, 3.63) is 24.0 Å². The summed E-state index contributed by atoms with van der Waals surface area (Å²) >= 11 is 6.09. The molecule has 2 heterocycles. The third-order valence-corrected chi connectivity index (χ3v) is 4.65. The molecule has 1 atom stereocenters. The molecule has 4 nitrogen and oxygen atoms in total. The smallest absolute Gasteiger partial charge is 0.124 e. The van der Waals surface area contributed by atoms with Crippen molar-refractivity contribution in [2.45, 2.75) is 25.8 Å². The Balaban J connectivity index is 1.89. The van der Waals surface area contributed by atoms with E-state index in [1.54, 1.807) is 7.11 Å². The summed E-state index contributed by atoms with van der Waals surface area (Å²) in [5, 5.41) is 0. The van der Waals surface area contributed by atoms with Crippen LogP contribution in [0.5, 0.6) is 5.75 Å². The van der Waals surface area contributed by atoms with Crippen LogP contribution in [0, 0.1) is 5.92 Å². The maximum Gasteiger partial charge on any atom is 0.124 e. The lowest BCUT2D eigenvalue weighted by Crippen LogP contribution is -2.21. The molecule has 2 aromatic rings. The second-order valence-electron chi connectivity index (χ2n) is 5.67. The number of hydrogen-bond donors (Lipinski definition) is 0. The van der Waals surface area contributed by atoms with E-state index in [1.165, 1.54) is 19.5 Å². The Kier molecular flexibility index (Phi) is 4.36. The Morgan fingerprint density at radius 2 is 2.29 bits per heavy atom. The lowest BCUT2D eigenvalue weighted by atomic mass is 10.1. The number of alkyl halides is 1. The minimum absolute atomic E-state index is 0.446. The molecule has 21 heavy (non-hydrogen) atoms. The van der Waals surface area contributed by atoms with Crippen molar-refractivity contribution in [2.75, 3.05) is 26.7 Å². The van der Waals surface area contributed by atoms with Gasteiger partial charge in [0.05, 0.1) is 24.0 Å². The van der Waals surface area contributed by atoms with Crippen LogP contribution in [0.15, 0.2) is 18.2 Å². The number of methoxy groups -OCH3 is 1. The molecule has 1 aromatic carbocycles. The van der Waals surface area contributed by atoms with E-state index in [9.17, 15) is 0 Å². The van der Waals surface area contributed by atoms with Crippen LogP contribution in [0.3, 0.4) is 0 Å². The molecule has 5 heteroatoms. The number of benzene rings is 1. The Labute approximate surface area is 130 Å². The van der Waals surface area contributed by atoms with Crippen molar-refractivity contribution in [1.29, 1.82) is 0 Å². The first-order chi connectivity index (χ1) is 10.2. The van der Waals surface area contributed by atoms with Gasteiger partial charge >= 0.3 is 0 Å². The van der Waals surface area contributed by atoms with Crippen LogP contribution < -0.4 is 4.74 Å². The van der Waals surface area contributed by atoms with Crippen molar-refractivity contribution in [3.63, 3.8) is 0 Å². The number of rotatable bonds is 5. The standard InChI is InChI=1S/C16H22ClN3O/c1-3-19-7-6-12(10-19)11-20-15-5-4-13(21-2)8-14(15)18-16(20)9-17/h4-5,8,12H,3,6-7,9-11H2,1-2H3. The van der Waals surface area contributed by atoms with Gasteiger partial charge in [0.25, 0.3) is 0 Å². The van der Waals surface area contributed by atoms with Crippen molar-refractivity contribution >= 4 is 22.6 Å². The van der Waals surface area contributed by atoms with Crippen molar-refractivity contribution in [1.82, 2.24) is 14.5 Å². The molecule has 0 bridgehead atoms. The van der Waals surface area contributed by atoms with E-state index < -0.39 is 0 Å². The number of imidazole rings is 1. The summed E-state index contributed by atoms with van der Waals surface area (Å²) in [6.45, 7) is 6.75. The molecular weight excluding hydrogens is 286 g/mol. The van der Waals surface area contributed by atoms with Gasteiger partial charge in [-0.25, -0.2) is 4.98 Å². The van der Waals surface area contributed by atoms with Crippen molar-refractivity contribution in [2.24, 2.45) is 5.92 Å². The van der Waals surface area contributed by atoms with Crippen LogP contribution in [0.2, 0.25) is 0 Å². The molecule has 1 saturated heterocycles. The molecule has 1 unspecified atom stereocenters. The van der Waals surface area contributed by atoms with Crippen molar-refractivity contribution < 1.29 is 4.74 Å². The van der Waals surface area contributed by atoms with Crippen LogP contribution in [0.25, 0.3) is 11.0 Å². The largest absolute Gasteiger partial charge is 0.497 e. The quantitative estimate of drug-likeness (QED) is 0.795. The fraction of sp³-hybridized carbons (Fsp3) is 0.562. The van der Waals surface area contributed by atoms with Crippen LogP contribution in [0.1, 0.15) is 19.2 Å². The number of halogens is 1. The van der Waals surface area contributed by atoms with Gasteiger partial charge in [0.1, 0.15) is 11.6 Å². The Hall–Kier alpha value is -1.26. The number of aromatic nitrogens is 2. The monoisotopic (exact) mass is 307 g/mol. The number of fused-ring (bicyclic) bond motifs is 1. The molecule has 0 N–H and O–H groups in total. The van der Waals surface area contributed by atoms with Gasteiger partial charge in [0.15, 0.2) is 0 Å². The van der Waals surface area contributed by atoms with Gasteiger partial charge in [-0.05, 0) is 37.6 Å². The summed E-state index contributed by atoms with van der Waals surface area (Å²) < 4.78 is 7.56. The second kappa shape index (κ2) is 6.24. The van der Waals surface area contributed by atoms with E-state index in [4.69, 9.17) is 16.3 Å². The molecule has 114 valence electrons. The topological polar surface area (TPSA) is 30.3 Å². The predicted octanol–water partition coefficient (Wildman–Crippen LogP) is 3.13. The van der Waals surface area contributed by atoms with E-state index in [0.717, 1.165) is 35.7 Å². The zero-order valence-electron chi connectivity index (χ0n) is 12.7. The van der Waals surface area contributed by atoms with Gasteiger partial charge in [0, 0.05) is 19.2 Å². The lowest BCUT2D eigenvalue weighted by molar-refractivity contribution is 0.333. The molecular formula is C16H22ClN3O. The number of likely N-dealkylation sites (tertiary alicyclic amines) is 1. The first-order valence-corrected chi connectivity index (χ1v) is 8.10. The van der Waals surface area contributed by atoms with Crippen LogP contribution in [-0.2, 0) is 12.4 Å². The van der Waals surface area contributed by atoms with Gasteiger partial charge in [0.2, 0.25) is 0 Å². The zero-order chi connectivity index (χ0) is 14.8. The highest BCUT2D eigenvalue weighted by atomic mass is 35.5. The van der Waals surface area contributed by atoms with E-state index in [1.807, 2.05) is 12.1 Å². The first-order valence-electron chi connectivity index (χ1n) is 7.56. The normalized spacial score (nSPS) is 19.5. The fourth-order valence-corrected chi connectivity index (χ4v) is 3.40. The lowest BCUT2D eigenvalue weighted by Gasteiger charge is -2.15. The highest BCUT2D eigenvalue weighted by Gasteiger charge is 2.23. The number of nitrogens with zero attached hydrogens (tertiary/aromatic N) is 3. The molecule has 0 aliphatic carbocycles. The average Bonchev–Trinajstić information content (AvgIpc) is 3.11. The second-order valence-corrected chi connectivity index (χ2v) is 5.94. The summed E-state index contributed by atoms with van der Waals surface area (Å²) in [6.07, 6.45) is 1.26. The van der Waals surface area contributed by atoms with Crippen LogP contribution >= 0.6 is 11.6 Å². The Bertz CT molecular complexity index is 625. The van der Waals surface area contributed by atoms with E-state index in [2.05, 4.69) is 27.4 Å². The van der Waals surface area contributed by atoms with Gasteiger partial charge in [-0.1, -0.05) is 6.92 Å². The van der Waals surface area contributed by atoms with Crippen molar-refractivity contribution in [3.8, 4) is 5.75 Å². The summed E-state index contributed by atoms with van der Waals surface area (Å²) in [6, 6.07) is 6.06. The molecule has 1 fully saturated rings. The molecule has 0 spiro atoms. The molecule has 0 radical (unpaired) electrons. The summed E-state index contributed by atoms with van der Waals surface area (Å²) in [4.78, 5) is 7.17. The Morgan fingerprint density at radius 3 is 2.95 bits per heavy atom. The SMILES string of the molecule is CCN1CCC(Cn2c(CCl)nc3cc(OC)ccc32)C1. The van der Waals surface area contributed by atoms with E-state index in [-0.39, 0.29) is 0 Å². The molecule has 1 aromatic heterocycles. The predicted molar refractivity (Wildman–Crippen MR) is 86.1 cm³/mol. The highest BCUT2D eigenvalue weighted by Crippen LogP contribution is 2.26. The van der Waals surface area contributed by atoms with Gasteiger partial charge in [-0.2, -0.15) is 0 Å². The van der Waals surface area contributed by atoms with E-state index >= 15 is 0 Å². The molecule has 1 aliphatic heterocycles. The summed E-state index contributed by atoms with van der Waals surface area (Å²) in [5.74, 6) is 2.92. The molecule has 1 aliphatic rings. The van der Waals surface area contributed by atoms with Crippen LogP contribution in [0.4, 0.5) is 0 Å². The molecule has 0 amide bonds. The summed E-state index contributed by atoms with van der Waals surface area (Å²) in [5.41, 5.74) is 2.12.